The van der Waals surface area contributed by atoms with Gasteiger partial charge in [0.05, 0.1) is 18.6 Å². The van der Waals surface area contributed by atoms with Crippen LogP contribution in [0.25, 0.3) is 0 Å². The summed E-state index contributed by atoms with van der Waals surface area (Å²) >= 11 is 1.35. The van der Waals surface area contributed by atoms with E-state index in [1.54, 1.807) is 11.8 Å². The molecule has 0 aliphatic carbocycles. The van der Waals surface area contributed by atoms with Gasteiger partial charge in [-0.25, -0.2) is 0 Å². The average molecular weight is 290 g/mol. The highest BCUT2D eigenvalue weighted by atomic mass is 32.1. The summed E-state index contributed by atoms with van der Waals surface area (Å²) in [6.07, 6.45) is 0.395. The van der Waals surface area contributed by atoms with Crippen LogP contribution < -0.4 is 0 Å². The zero-order valence-electron chi connectivity index (χ0n) is 11.7. The summed E-state index contributed by atoms with van der Waals surface area (Å²) in [5.74, 6) is 5.46. The molecule has 1 heterocycles. The first-order valence-corrected chi connectivity index (χ1v) is 7.38. The van der Waals surface area contributed by atoms with Crippen LogP contribution in [0.4, 0.5) is 0 Å². The van der Waals surface area contributed by atoms with E-state index in [0.717, 1.165) is 0 Å². The van der Waals surface area contributed by atoms with Gasteiger partial charge in [-0.2, -0.15) is 5.26 Å². The van der Waals surface area contributed by atoms with E-state index >= 15 is 0 Å². The fourth-order valence-electron chi connectivity index (χ4n) is 1.66. The molecule has 0 bridgehead atoms. The van der Waals surface area contributed by atoms with Gasteiger partial charge in [0.25, 0.3) is 5.91 Å². The van der Waals surface area contributed by atoms with Gasteiger partial charge >= 0.3 is 0 Å². The van der Waals surface area contributed by atoms with Crippen LogP contribution in [0.1, 0.15) is 35.5 Å². The first kappa shape index (κ1) is 16.2. The van der Waals surface area contributed by atoms with Crippen LogP contribution in [-0.4, -0.2) is 35.6 Å². The molecule has 1 aromatic rings. The third-order valence-electron chi connectivity index (χ3n) is 2.70. The van der Waals surface area contributed by atoms with Crippen LogP contribution in [0.2, 0.25) is 0 Å². The predicted molar refractivity (Wildman–Crippen MR) is 79.3 cm³/mol. The van der Waals surface area contributed by atoms with Crippen LogP contribution in [0.3, 0.4) is 0 Å². The Morgan fingerprint density at radius 1 is 1.60 bits per heavy atom. The predicted octanol–water partition coefficient (Wildman–Crippen LogP) is 2.10. The van der Waals surface area contributed by atoms with E-state index in [0.29, 0.717) is 30.0 Å². The van der Waals surface area contributed by atoms with Gasteiger partial charge in [-0.05, 0) is 25.3 Å². The van der Waals surface area contributed by atoms with Crippen molar-refractivity contribution in [3.63, 3.8) is 0 Å². The van der Waals surface area contributed by atoms with Gasteiger partial charge in [0.15, 0.2) is 0 Å². The van der Waals surface area contributed by atoms with Crippen molar-refractivity contribution in [1.82, 2.24) is 4.90 Å². The lowest BCUT2D eigenvalue weighted by Gasteiger charge is -2.21. The molecule has 1 rings (SSSR count). The summed E-state index contributed by atoms with van der Waals surface area (Å²) in [6, 6.07) is 3.95. The molecule has 1 N–H and O–H groups in total. The topological polar surface area (TPSA) is 64.3 Å². The van der Waals surface area contributed by atoms with E-state index in [4.69, 9.17) is 10.4 Å². The first-order valence-electron chi connectivity index (χ1n) is 6.50. The third-order valence-corrected chi connectivity index (χ3v) is 3.61. The van der Waals surface area contributed by atoms with E-state index in [-0.39, 0.29) is 18.4 Å². The van der Waals surface area contributed by atoms with Crippen molar-refractivity contribution in [2.24, 2.45) is 5.92 Å². The van der Waals surface area contributed by atoms with Crippen LogP contribution in [0.5, 0.6) is 0 Å². The van der Waals surface area contributed by atoms with Crippen LogP contribution in [0.15, 0.2) is 11.4 Å². The van der Waals surface area contributed by atoms with E-state index in [9.17, 15) is 4.79 Å². The summed E-state index contributed by atoms with van der Waals surface area (Å²) in [6.45, 7) is 4.69. The van der Waals surface area contributed by atoms with Gasteiger partial charge < -0.3 is 10.0 Å². The Kier molecular flexibility index (Phi) is 6.79. The zero-order valence-corrected chi connectivity index (χ0v) is 12.5. The maximum absolute atomic E-state index is 12.5. The molecule has 1 amide bonds. The van der Waals surface area contributed by atoms with Crippen molar-refractivity contribution < 1.29 is 9.90 Å². The smallest absolute Gasteiger partial charge is 0.265 e. The highest BCUT2D eigenvalue weighted by Gasteiger charge is 2.20. The second-order valence-electron chi connectivity index (χ2n) is 4.31. The van der Waals surface area contributed by atoms with Crippen molar-refractivity contribution in [3.8, 4) is 17.9 Å². The summed E-state index contributed by atoms with van der Waals surface area (Å²) < 4.78 is 0. The molecule has 0 aromatic carbocycles. The minimum Gasteiger partial charge on any atom is -0.395 e. The number of rotatable bonds is 5. The Morgan fingerprint density at radius 2 is 2.35 bits per heavy atom. The molecule has 4 nitrogen and oxygen atoms in total. The number of nitriles is 1. The number of carbonyl (C=O) groups excluding carboxylic acids is 1. The minimum absolute atomic E-state index is 0.0151. The molecule has 1 atom stereocenters. The molecule has 0 aliphatic heterocycles. The van der Waals surface area contributed by atoms with E-state index < -0.39 is 0 Å². The monoisotopic (exact) mass is 290 g/mol. The van der Waals surface area contributed by atoms with Crippen molar-refractivity contribution in [2.75, 3.05) is 19.7 Å². The van der Waals surface area contributed by atoms with E-state index in [1.165, 1.54) is 11.3 Å². The fraction of sp³-hybridized carbons (Fsp3) is 0.467. The van der Waals surface area contributed by atoms with Crippen LogP contribution >= 0.6 is 11.3 Å². The molecule has 0 aliphatic rings. The SMILES string of the molecule is CCN(CC(C)C#N)C(=O)c1sccc1C#CCCO. The van der Waals surface area contributed by atoms with Gasteiger partial charge in [-0.1, -0.05) is 11.8 Å². The van der Waals surface area contributed by atoms with Crippen LogP contribution in [0, 0.1) is 29.1 Å². The number of amides is 1. The molecule has 5 heteroatoms. The number of thiophene rings is 1. The van der Waals surface area contributed by atoms with Gasteiger partial charge in [0.2, 0.25) is 0 Å². The fourth-order valence-corrected chi connectivity index (χ4v) is 2.47. The van der Waals surface area contributed by atoms with E-state index in [2.05, 4.69) is 17.9 Å². The largest absolute Gasteiger partial charge is 0.395 e. The molecule has 0 spiro atoms. The highest BCUT2D eigenvalue weighted by molar-refractivity contribution is 7.12. The minimum atomic E-state index is -0.192. The summed E-state index contributed by atoms with van der Waals surface area (Å²) in [5, 5.41) is 19.4. The number of aliphatic hydroxyl groups is 1. The standard InChI is InChI=1S/C15H18N2O2S/c1-3-17(11-12(2)10-16)15(19)14-13(7-9-20-14)6-4-5-8-18/h7,9,12,18H,3,5,8,11H2,1-2H3. The van der Waals surface area contributed by atoms with Gasteiger partial charge in [0.1, 0.15) is 4.88 Å². The Morgan fingerprint density at radius 3 is 2.95 bits per heavy atom. The van der Waals surface area contributed by atoms with Crippen molar-refractivity contribution in [3.05, 3.63) is 21.9 Å². The van der Waals surface area contributed by atoms with Gasteiger partial charge in [0, 0.05) is 25.1 Å². The summed E-state index contributed by atoms with van der Waals surface area (Å²) in [7, 11) is 0. The van der Waals surface area contributed by atoms with Gasteiger partial charge in [-0.3, -0.25) is 4.79 Å². The lowest BCUT2D eigenvalue weighted by molar-refractivity contribution is 0.0757. The molecule has 1 unspecified atom stereocenters. The van der Waals surface area contributed by atoms with E-state index in [1.807, 2.05) is 18.4 Å². The molecular weight excluding hydrogens is 272 g/mol. The zero-order chi connectivity index (χ0) is 15.0. The summed E-state index contributed by atoms with van der Waals surface area (Å²) in [5.41, 5.74) is 0.691. The Balaban J connectivity index is 2.89. The number of hydrogen-bond acceptors (Lipinski definition) is 4. The molecule has 106 valence electrons. The van der Waals surface area contributed by atoms with Gasteiger partial charge in [-0.15, -0.1) is 11.3 Å². The molecule has 0 radical (unpaired) electrons. The second-order valence-corrected chi connectivity index (χ2v) is 5.23. The van der Waals surface area contributed by atoms with Crippen LogP contribution in [-0.2, 0) is 0 Å². The highest BCUT2D eigenvalue weighted by Crippen LogP contribution is 2.19. The average Bonchev–Trinajstić information content (AvgIpc) is 2.92. The normalized spacial score (nSPS) is 11.1. The molecule has 0 saturated carbocycles. The number of hydrogen-bond donors (Lipinski definition) is 1. The number of nitrogens with zero attached hydrogens (tertiary/aromatic N) is 2. The molecule has 0 saturated heterocycles. The lowest BCUT2D eigenvalue weighted by Crippen LogP contribution is -2.34. The third kappa shape index (κ3) is 4.38. The van der Waals surface area contributed by atoms with Crippen molar-refractivity contribution in [2.45, 2.75) is 20.3 Å². The number of carbonyl (C=O) groups is 1. The molecule has 1 aromatic heterocycles. The maximum Gasteiger partial charge on any atom is 0.265 e. The quantitative estimate of drug-likeness (QED) is 0.845. The maximum atomic E-state index is 12.5. The Hall–Kier alpha value is -1.82. The summed E-state index contributed by atoms with van der Waals surface area (Å²) in [4.78, 5) is 14.7. The molecular formula is C15H18N2O2S. The Bertz CT molecular complexity index is 548. The van der Waals surface area contributed by atoms with Crippen molar-refractivity contribution in [1.29, 1.82) is 5.26 Å². The first-order chi connectivity index (χ1) is 9.63. The molecule has 20 heavy (non-hydrogen) atoms. The number of aliphatic hydroxyl groups excluding tert-OH is 1. The lowest BCUT2D eigenvalue weighted by atomic mass is 10.1. The van der Waals surface area contributed by atoms with Crippen molar-refractivity contribution >= 4 is 17.2 Å². The Labute approximate surface area is 123 Å². The molecule has 0 fully saturated rings. The second kappa shape index (κ2) is 8.37.